The fourth-order valence-corrected chi connectivity index (χ4v) is 3.06. The zero-order valence-electron chi connectivity index (χ0n) is 11.5. The molecule has 3 saturated heterocycles. The molecule has 1 unspecified atom stereocenters. The van der Waals surface area contributed by atoms with Gasteiger partial charge in [0.05, 0.1) is 0 Å². The highest BCUT2D eigenvalue weighted by Crippen LogP contribution is 2.27. The molecule has 0 aromatic carbocycles. The van der Waals surface area contributed by atoms with Gasteiger partial charge in [-0.1, -0.05) is 6.92 Å². The van der Waals surface area contributed by atoms with Crippen LogP contribution < -0.4 is 5.32 Å². The number of piperidine rings is 3. The lowest BCUT2D eigenvalue weighted by Gasteiger charge is -2.45. The van der Waals surface area contributed by atoms with Crippen LogP contribution in [0.5, 0.6) is 0 Å². The first-order valence-electron chi connectivity index (χ1n) is 7.09. The number of aliphatic carboxylic acids is 1. The average Bonchev–Trinajstić information content (AvgIpc) is 2.39. The normalized spacial score (nSPS) is 29.0. The topological polar surface area (TPSA) is 72.9 Å². The smallest absolute Gasteiger partial charge is 0.323 e. The number of carboxylic acid groups (broad SMARTS) is 1. The van der Waals surface area contributed by atoms with Gasteiger partial charge in [0.1, 0.15) is 6.54 Å². The van der Waals surface area contributed by atoms with Crippen molar-refractivity contribution in [1.29, 1.82) is 0 Å². The summed E-state index contributed by atoms with van der Waals surface area (Å²) in [5.74, 6) is -0.403. The number of nitrogens with one attached hydrogen (secondary N) is 1. The number of rotatable bonds is 5. The third-order valence-electron chi connectivity index (χ3n) is 4.07. The van der Waals surface area contributed by atoms with Gasteiger partial charge in [0.2, 0.25) is 0 Å². The summed E-state index contributed by atoms with van der Waals surface area (Å²) < 4.78 is 0. The van der Waals surface area contributed by atoms with Crippen molar-refractivity contribution in [1.82, 2.24) is 15.1 Å². The standard InChI is InChI=1S/C13H23N3O3/c1-2-5-16(9-12(17)18)13(19)14-11-8-15-6-3-10(11)4-7-15/h10-11H,2-9H2,1H3,(H,14,19)(H,17,18). The van der Waals surface area contributed by atoms with E-state index in [1.807, 2.05) is 6.92 Å². The summed E-state index contributed by atoms with van der Waals surface area (Å²) in [6, 6.07) is -0.0499. The zero-order chi connectivity index (χ0) is 13.8. The molecule has 0 aromatic rings. The number of hydrogen-bond donors (Lipinski definition) is 2. The lowest BCUT2D eigenvalue weighted by Crippen LogP contribution is -2.59. The number of urea groups is 1. The molecule has 6 nitrogen and oxygen atoms in total. The van der Waals surface area contributed by atoms with Gasteiger partial charge in [-0.05, 0) is 38.3 Å². The molecule has 108 valence electrons. The molecule has 19 heavy (non-hydrogen) atoms. The number of amides is 2. The van der Waals surface area contributed by atoms with Crippen LogP contribution in [0.1, 0.15) is 26.2 Å². The van der Waals surface area contributed by atoms with Crippen LogP contribution in [0.3, 0.4) is 0 Å². The number of fused-ring (bicyclic) bond motifs is 3. The SMILES string of the molecule is CCCN(CC(=O)O)C(=O)NC1CN2CCC1CC2. The summed E-state index contributed by atoms with van der Waals surface area (Å²) in [7, 11) is 0. The highest BCUT2D eigenvalue weighted by atomic mass is 16.4. The van der Waals surface area contributed by atoms with Crippen LogP contribution in [-0.4, -0.2) is 65.7 Å². The van der Waals surface area contributed by atoms with Crippen LogP contribution in [0.2, 0.25) is 0 Å². The van der Waals surface area contributed by atoms with E-state index in [9.17, 15) is 9.59 Å². The van der Waals surface area contributed by atoms with Gasteiger partial charge in [0.25, 0.3) is 0 Å². The average molecular weight is 269 g/mol. The number of carbonyl (C=O) groups is 2. The lowest BCUT2D eigenvalue weighted by atomic mass is 9.84. The quantitative estimate of drug-likeness (QED) is 0.766. The molecule has 3 aliphatic heterocycles. The molecule has 0 spiro atoms. The second-order valence-corrected chi connectivity index (χ2v) is 5.51. The summed E-state index contributed by atoms with van der Waals surface area (Å²) >= 11 is 0. The van der Waals surface area contributed by atoms with Crippen molar-refractivity contribution in [3.05, 3.63) is 0 Å². The van der Waals surface area contributed by atoms with E-state index in [0.717, 1.165) is 38.9 Å². The Labute approximate surface area is 113 Å². The first-order chi connectivity index (χ1) is 9.10. The molecule has 2 bridgehead atoms. The molecule has 2 N–H and O–H groups in total. The predicted molar refractivity (Wildman–Crippen MR) is 71.0 cm³/mol. The minimum absolute atomic E-state index is 0.183. The summed E-state index contributed by atoms with van der Waals surface area (Å²) in [6.45, 7) is 5.37. The highest BCUT2D eigenvalue weighted by Gasteiger charge is 2.35. The molecule has 0 radical (unpaired) electrons. The Kier molecular flexibility index (Phi) is 4.63. The third-order valence-corrected chi connectivity index (χ3v) is 4.07. The predicted octanol–water partition coefficient (Wildman–Crippen LogP) is 0.587. The maximum atomic E-state index is 12.1. The van der Waals surface area contributed by atoms with E-state index in [1.165, 1.54) is 4.90 Å². The fourth-order valence-electron chi connectivity index (χ4n) is 3.06. The summed E-state index contributed by atoms with van der Waals surface area (Å²) in [6.07, 6.45) is 3.04. The molecular weight excluding hydrogens is 246 g/mol. The second-order valence-electron chi connectivity index (χ2n) is 5.51. The van der Waals surface area contributed by atoms with Crippen LogP contribution >= 0.6 is 0 Å². The Bertz CT molecular complexity index is 340. The van der Waals surface area contributed by atoms with Crippen molar-refractivity contribution in [2.24, 2.45) is 5.92 Å². The van der Waals surface area contributed by atoms with Gasteiger partial charge >= 0.3 is 12.0 Å². The number of carboxylic acids is 1. The molecule has 6 heteroatoms. The van der Waals surface area contributed by atoms with Gasteiger partial charge in [0, 0.05) is 19.1 Å². The first-order valence-corrected chi connectivity index (χ1v) is 7.09. The maximum Gasteiger partial charge on any atom is 0.323 e. The molecule has 3 heterocycles. The molecule has 0 saturated carbocycles. The Hall–Kier alpha value is -1.30. The van der Waals surface area contributed by atoms with Crippen molar-refractivity contribution in [2.75, 3.05) is 32.7 Å². The zero-order valence-corrected chi connectivity index (χ0v) is 11.5. The van der Waals surface area contributed by atoms with Crippen molar-refractivity contribution in [3.63, 3.8) is 0 Å². The van der Waals surface area contributed by atoms with E-state index < -0.39 is 5.97 Å². The number of carbonyl (C=O) groups excluding carboxylic acids is 1. The van der Waals surface area contributed by atoms with Gasteiger partial charge in [-0.15, -0.1) is 0 Å². The van der Waals surface area contributed by atoms with Crippen molar-refractivity contribution in [3.8, 4) is 0 Å². The minimum atomic E-state index is -0.961. The molecule has 3 aliphatic rings. The molecule has 0 aliphatic carbocycles. The van der Waals surface area contributed by atoms with Crippen molar-refractivity contribution in [2.45, 2.75) is 32.2 Å². The van der Waals surface area contributed by atoms with Crippen LogP contribution in [0.15, 0.2) is 0 Å². The number of hydrogen-bond acceptors (Lipinski definition) is 3. The molecule has 2 amide bonds. The Morgan fingerprint density at radius 3 is 2.53 bits per heavy atom. The molecular formula is C13H23N3O3. The monoisotopic (exact) mass is 269 g/mol. The maximum absolute atomic E-state index is 12.1. The van der Waals surface area contributed by atoms with Gasteiger partial charge in [-0.2, -0.15) is 0 Å². The summed E-state index contributed by atoms with van der Waals surface area (Å²) in [5, 5.41) is 11.9. The highest BCUT2D eigenvalue weighted by molar-refractivity contribution is 5.80. The molecule has 0 aromatic heterocycles. The van der Waals surface area contributed by atoms with Gasteiger partial charge in [-0.3, -0.25) is 4.79 Å². The van der Waals surface area contributed by atoms with E-state index in [2.05, 4.69) is 10.2 Å². The van der Waals surface area contributed by atoms with E-state index in [0.29, 0.717) is 12.5 Å². The van der Waals surface area contributed by atoms with E-state index in [1.54, 1.807) is 0 Å². The van der Waals surface area contributed by atoms with Crippen LogP contribution in [0.4, 0.5) is 4.79 Å². The van der Waals surface area contributed by atoms with E-state index >= 15 is 0 Å². The van der Waals surface area contributed by atoms with E-state index in [-0.39, 0.29) is 18.6 Å². The summed E-state index contributed by atoms with van der Waals surface area (Å²) in [5.41, 5.74) is 0. The molecule has 1 atom stereocenters. The van der Waals surface area contributed by atoms with E-state index in [4.69, 9.17) is 5.11 Å². The van der Waals surface area contributed by atoms with Crippen LogP contribution in [-0.2, 0) is 4.79 Å². The first kappa shape index (κ1) is 14.1. The van der Waals surface area contributed by atoms with Gasteiger partial charge in [0.15, 0.2) is 0 Å². The van der Waals surface area contributed by atoms with Crippen molar-refractivity contribution < 1.29 is 14.7 Å². The summed E-state index contributed by atoms with van der Waals surface area (Å²) in [4.78, 5) is 26.7. The Balaban J connectivity index is 1.89. The minimum Gasteiger partial charge on any atom is -0.480 e. The van der Waals surface area contributed by atoms with Crippen molar-refractivity contribution >= 4 is 12.0 Å². The van der Waals surface area contributed by atoms with Gasteiger partial charge in [-0.25, -0.2) is 4.79 Å². The van der Waals surface area contributed by atoms with Crippen LogP contribution in [0.25, 0.3) is 0 Å². The van der Waals surface area contributed by atoms with Gasteiger partial charge < -0.3 is 20.2 Å². The molecule has 3 rings (SSSR count). The van der Waals surface area contributed by atoms with Crippen LogP contribution in [0, 0.1) is 5.92 Å². The number of nitrogens with zero attached hydrogens (tertiary/aromatic N) is 2. The largest absolute Gasteiger partial charge is 0.480 e. The second kappa shape index (κ2) is 6.23. The third kappa shape index (κ3) is 3.59. The Morgan fingerprint density at radius 2 is 2.05 bits per heavy atom. The Morgan fingerprint density at radius 1 is 1.37 bits per heavy atom. The molecule has 3 fully saturated rings. The fraction of sp³-hybridized carbons (Fsp3) is 0.846. The lowest BCUT2D eigenvalue weighted by molar-refractivity contribution is -0.137.